The first kappa shape index (κ1) is 14.6. The number of aliphatic hydroxyl groups excluding tert-OH is 2. The lowest BCUT2D eigenvalue weighted by atomic mass is 9.79. The minimum absolute atomic E-state index is 0.0741. The van der Waals surface area contributed by atoms with Gasteiger partial charge in [-0.3, -0.25) is 9.59 Å². The van der Waals surface area contributed by atoms with Gasteiger partial charge in [0.1, 0.15) is 0 Å². The fourth-order valence-electron chi connectivity index (χ4n) is 3.04. The molecule has 2 aromatic rings. The van der Waals surface area contributed by atoms with E-state index in [1.54, 1.807) is 36.4 Å². The van der Waals surface area contributed by atoms with E-state index in [0.29, 0.717) is 46.2 Å². The number of hydrogen-bond acceptors (Lipinski definition) is 4. The zero-order chi connectivity index (χ0) is 15.7. The highest BCUT2D eigenvalue weighted by Gasteiger charge is 2.32. The van der Waals surface area contributed by atoms with E-state index in [4.69, 9.17) is 10.2 Å². The minimum atomic E-state index is -0.187. The van der Waals surface area contributed by atoms with Gasteiger partial charge in [-0.15, -0.1) is 0 Å². The predicted molar refractivity (Wildman–Crippen MR) is 81.3 cm³/mol. The molecule has 0 atom stereocenters. The van der Waals surface area contributed by atoms with Crippen molar-refractivity contribution < 1.29 is 19.8 Å². The van der Waals surface area contributed by atoms with Crippen LogP contribution < -0.4 is 0 Å². The molecule has 0 heterocycles. The largest absolute Gasteiger partial charge is 0.396 e. The molecule has 2 aromatic carbocycles. The van der Waals surface area contributed by atoms with Gasteiger partial charge in [-0.05, 0) is 24.0 Å². The van der Waals surface area contributed by atoms with Crippen molar-refractivity contribution >= 4 is 11.6 Å². The predicted octanol–water partition coefficient (Wildman–Crippen LogP) is 1.53. The van der Waals surface area contributed by atoms with Gasteiger partial charge in [0.15, 0.2) is 11.6 Å². The Bertz CT molecular complexity index is 696. The Morgan fingerprint density at radius 2 is 1.09 bits per heavy atom. The number of benzene rings is 2. The van der Waals surface area contributed by atoms with E-state index in [0.717, 1.165) is 0 Å². The molecule has 0 spiro atoms. The SMILES string of the molecule is O=C1c2cccc(CCO)c2C(=O)c2cccc(CCO)c21. The van der Waals surface area contributed by atoms with Crippen molar-refractivity contribution in [1.29, 1.82) is 0 Å². The number of hydrogen-bond donors (Lipinski definition) is 2. The maximum Gasteiger partial charge on any atom is 0.194 e. The normalized spacial score (nSPS) is 13.0. The fraction of sp³-hybridized carbons (Fsp3) is 0.222. The van der Waals surface area contributed by atoms with Crippen molar-refractivity contribution in [2.45, 2.75) is 12.8 Å². The molecule has 1 aliphatic rings. The average molecular weight is 296 g/mol. The van der Waals surface area contributed by atoms with Crippen molar-refractivity contribution in [1.82, 2.24) is 0 Å². The monoisotopic (exact) mass is 296 g/mol. The Kier molecular flexibility index (Phi) is 3.88. The first-order valence-corrected chi connectivity index (χ1v) is 7.24. The van der Waals surface area contributed by atoms with Crippen LogP contribution in [0.3, 0.4) is 0 Å². The Morgan fingerprint density at radius 3 is 1.45 bits per heavy atom. The summed E-state index contributed by atoms with van der Waals surface area (Å²) in [7, 11) is 0. The van der Waals surface area contributed by atoms with Crippen LogP contribution in [0, 0.1) is 0 Å². The minimum Gasteiger partial charge on any atom is -0.396 e. The van der Waals surface area contributed by atoms with Crippen LogP contribution in [0.2, 0.25) is 0 Å². The third-order valence-electron chi connectivity index (χ3n) is 4.01. The zero-order valence-electron chi connectivity index (χ0n) is 12.0. The van der Waals surface area contributed by atoms with Gasteiger partial charge in [0.2, 0.25) is 0 Å². The Hall–Kier alpha value is -2.30. The molecule has 4 heteroatoms. The van der Waals surface area contributed by atoms with Crippen LogP contribution >= 0.6 is 0 Å². The molecule has 0 aliphatic heterocycles. The second kappa shape index (κ2) is 5.83. The van der Waals surface area contributed by atoms with Gasteiger partial charge in [0, 0.05) is 35.5 Å². The molecule has 0 amide bonds. The molecular weight excluding hydrogens is 280 g/mol. The summed E-state index contributed by atoms with van der Waals surface area (Å²) in [5, 5.41) is 18.3. The molecule has 0 bridgehead atoms. The summed E-state index contributed by atoms with van der Waals surface area (Å²) in [6, 6.07) is 10.3. The molecular formula is C18H16O4. The van der Waals surface area contributed by atoms with Crippen molar-refractivity contribution in [3.8, 4) is 0 Å². The molecule has 112 valence electrons. The lowest BCUT2D eigenvalue weighted by Crippen LogP contribution is -2.24. The van der Waals surface area contributed by atoms with E-state index in [-0.39, 0.29) is 24.8 Å². The summed E-state index contributed by atoms with van der Waals surface area (Å²) in [6.45, 7) is -0.148. The Labute approximate surface area is 128 Å². The summed E-state index contributed by atoms with van der Waals surface area (Å²) in [5.74, 6) is -0.373. The van der Waals surface area contributed by atoms with E-state index in [2.05, 4.69) is 0 Å². The maximum atomic E-state index is 12.8. The third kappa shape index (κ3) is 2.17. The highest BCUT2D eigenvalue weighted by Crippen LogP contribution is 2.31. The van der Waals surface area contributed by atoms with Crippen LogP contribution in [0.1, 0.15) is 43.0 Å². The van der Waals surface area contributed by atoms with E-state index in [1.807, 2.05) is 0 Å². The summed E-state index contributed by atoms with van der Waals surface area (Å²) < 4.78 is 0. The fourth-order valence-corrected chi connectivity index (χ4v) is 3.04. The molecule has 0 saturated carbocycles. The van der Waals surface area contributed by atoms with Crippen LogP contribution in [-0.4, -0.2) is 35.0 Å². The van der Waals surface area contributed by atoms with Gasteiger partial charge in [-0.25, -0.2) is 0 Å². The van der Waals surface area contributed by atoms with Gasteiger partial charge >= 0.3 is 0 Å². The van der Waals surface area contributed by atoms with Crippen LogP contribution in [0.25, 0.3) is 0 Å². The Balaban J connectivity index is 2.23. The number of carbonyl (C=O) groups excluding carboxylic acids is 2. The van der Waals surface area contributed by atoms with Gasteiger partial charge in [-0.1, -0.05) is 36.4 Å². The molecule has 0 radical (unpaired) electrons. The Morgan fingerprint density at radius 1 is 0.682 bits per heavy atom. The number of fused-ring (bicyclic) bond motifs is 2. The summed E-state index contributed by atoms with van der Waals surface area (Å²) in [4.78, 5) is 25.6. The molecule has 0 saturated heterocycles. The second-order valence-electron chi connectivity index (χ2n) is 5.28. The molecule has 4 nitrogen and oxygen atoms in total. The molecule has 0 fully saturated rings. The topological polar surface area (TPSA) is 74.6 Å². The molecule has 22 heavy (non-hydrogen) atoms. The smallest absolute Gasteiger partial charge is 0.194 e. The van der Waals surface area contributed by atoms with Gasteiger partial charge < -0.3 is 10.2 Å². The van der Waals surface area contributed by atoms with Crippen LogP contribution in [0.15, 0.2) is 36.4 Å². The first-order chi connectivity index (χ1) is 10.7. The number of aliphatic hydroxyl groups is 2. The van der Waals surface area contributed by atoms with Gasteiger partial charge in [0.25, 0.3) is 0 Å². The zero-order valence-corrected chi connectivity index (χ0v) is 12.0. The standard InChI is InChI=1S/C18H16O4/c19-9-7-11-3-1-5-13-15(11)18(22)14-6-2-4-12(8-10-20)16(14)17(13)21/h1-6,19-20H,7-10H2. The van der Waals surface area contributed by atoms with Crippen LogP contribution in [-0.2, 0) is 12.8 Å². The molecule has 0 unspecified atom stereocenters. The van der Waals surface area contributed by atoms with Crippen LogP contribution in [0.5, 0.6) is 0 Å². The number of rotatable bonds is 4. The number of carbonyl (C=O) groups is 2. The van der Waals surface area contributed by atoms with E-state index >= 15 is 0 Å². The van der Waals surface area contributed by atoms with E-state index < -0.39 is 0 Å². The quantitative estimate of drug-likeness (QED) is 0.765. The van der Waals surface area contributed by atoms with Crippen molar-refractivity contribution in [3.63, 3.8) is 0 Å². The average Bonchev–Trinajstić information content (AvgIpc) is 2.53. The molecule has 3 rings (SSSR count). The van der Waals surface area contributed by atoms with Crippen molar-refractivity contribution in [2.24, 2.45) is 0 Å². The van der Waals surface area contributed by atoms with E-state index in [1.165, 1.54) is 0 Å². The highest BCUT2D eigenvalue weighted by molar-refractivity contribution is 6.29. The van der Waals surface area contributed by atoms with Gasteiger partial charge in [0.05, 0.1) is 0 Å². The van der Waals surface area contributed by atoms with Gasteiger partial charge in [-0.2, -0.15) is 0 Å². The summed E-state index contributed by atoms with van der Waals surface area (Å²) in [6.07, 6.45) is 0.682. The third-order valence-corrected chi connectivity index (χ3v) is 4.01. The van der Waals surface area contributed by atoms with E-state index in [9.17, 15) is 9.59 Å². The molecule has 1 aliphatic carbocycles. The summed E-state index contributed by atoms with van der Waals surface area (Å²) in [5.41, 5.74) is 2.95. The van der Waals surface area contributed by atoms with Crippen molar-refractivity contribution in [2.75, 3.05) is 13.2 Å². The second-order valence-corrected chi connectivity index (χ2v) is 5.28. The van der Waals surface area contributed by atoms with Crippen LogP contribution in [0.4, 0.5) is 0 Å². The lowest BCUT2D eigenvalue weighted by molar-refractivity contribution is 0.0977. The highest BCUT2D eigenvalue weighted by atomic mass is 16.3. The summed E-state index contributed by atoms with van der Waals surface area (Å²) >= 11 is 0. The first-order valence-electron chi connectivity index (χ1n) is 7.24. The maximum absolute atomic E-state index is 12.8. The lowest BCUT2D eigenvalue weighted by Gasteiger charge is -2.22. The van der Waals surface area contributed by atoms with Crippen molar-refractivity contribution in [3.05, 3.63) is 69.8 Å². The molecule has 0 aromatic heterocycles. The number of ketones is 2. The molecule has 2 N–H and O–H groups in total.